The highest BCUT2D eigenvalue weighted by atomic mass is 79.9. The van der Waals surface area contributed by atoms with Crippen LogP contribution in [0.4, 0.5) is 5.69 Å². The predicted molar refractivity (Wildman–Crippen MR) is 87.5 cm³/mol. The second kappa shape index (κ2) is 5.96. The van der Waals surface area contributed by atoms with E-state index in [0.29, 0.717) is 25.6 Å². The topological polar surface area (TPSA) is 89.3 Å². The van der Waals surface area contributed by atoms with E-state index in [0.717, 1.165) is 11.3 Å². The van der Waals surface area contributed by atoms with Gasteiger partial charge < -0.3 is 5.73 Å². The van der Waals surface area contributed by atoms with Gasteiger partial charge in [0.25, 0.3) is 10.0 Å². The van der Waals surface area contributed by atoms with Gasteiger partial charge in [-0.2, -0.15) is 0 Å². The van der Waals surface area contributed by atoms with Crippen LogP contribution < -0.4 is 10.5 Å². The number of aryl methyl sites for hydroxylation is 1. The molecule has 0 aliphatic carbocycles. The average Bonchev–Trinajstić information content (AvgIpc) is 2.72. The van der Waals surface area contributed by atoms with Crippen LogP contribution in [0.25, 0.3) is 0 Å². The SMILES string of the molecule is Cc1cc(C(N)=O)ccc1NS(=O)(=O)c1cc(Cl)c(Br)s1. The number of carbonyl (C=O) groups excluding carboxylic acids is 1. The first-order valence-corrected chi connectivity index (χ1v) is 9.06. The summed E-state index contributed by atoms with van der Waals surface area (Å²) >= 11 is 10.0. The fraction of sp³-hybridized carbons (Fsp3) is 0.0833. The molecule has 0 radical (unpaired) electrons. The van der Waals surface area contributed by atoms with Gasteiger partial charge in [0.2, 0.25) is 5.91 Å². The van der Waals surface area contributed by atoms with Crippen molar-refractivity contribution in [3.8, 4) is 0 Å². The van der Waals surface area contributed by atoms with E-state index in [9.17, 15) is 13.2 Å². The molecule has 0 atom stereocenters. The van der Waals surface area contributed by atoms with Crippen LogP contribution in [0.5, 0.6) is 0 Å². The van der Waals surface area contributed by atoms with Gasteiger partial charge >= 0.3 is 0 Å². The Balaban J connectivity index is 2.35. The van der Waals surface area contributed by atoms with Crippen molar-refractivity contribution >= 4 is 60.5 Å². The maximum atomic E-state index is 12.3. The lowest BCUT2D eigenvalue weighted by Gasteiger charge is -2.10. The number of rotatable bonds is 4. The average molecular weight is 410 g/mol. The summed E-state index contributed by atoms with van der Waals surface area (Å²) in [5.41, 5.74) is 6.46. The summed E-state index contributed by atoms with van der Waals surface area (Å²) in [6.45, 7) is 1.68. The molecule has 3 N–H and O–H groups in total. The summed E-state index contributed by atoms with van der Waals surface area (Å²) in [5, 5.41) is 0.334. The van der Waals surface area contributed by atoms with E-state index in [1.807, 2.05) is 0 Å². The van der Waals surface area contributed by atoms with Crippen molar-refractivity contribution in [1.29, 1.82) is 0 Å². The summed E-state index contributed by atoms with van der Waals surface area (Å²) in [6.07, 6.45) is 0. The van der Waals surface area contributed by atoms with Crippen LogP contribution in [0.15, 0.2) is 32.3 Å². The molecule has 0 saturated heterocycles. The van der Waals surface area contributed by atoms with E-state index in [4.69, 9.17) is 17.3 Å². The maximum Gasteiger partial charge on any atom is 0.271 e. The van der Waals surface area contributed by atoms with Crippen molar-refractivity contribution in [2.75, 3.05) is 4.72 Å². The Morgan fingerprint density at radius 3 is 2.52 bits per heavy atom. The molecular weight excluding hydrogens is 400 g/mol. The quantitative estimate of drug-likeness (QED) is 0.811. The molecule has 21 heavy (non-hydrogen) atoms. The lowest BCUT2D eigenvalue weighted by molar-refractivity contribution is 0.1000. The number of thiophene rings is 1. The number of anilines is 1. The first-order valence-electron chi connectivity index (χ1n) is 5.59. The minimum Gasteiger partial charge on any atom is -0.366 e. The Bertz CT molecular complexity index is 798. The number of benzene rings is 1. The van der Waals surface area contributed by atoms with Gasteiger partial charge in [-0.1, -0.05) is 11.6 Å². The molecule has 0 spiro atoms. The van der Waals surface area contributed by atoms with E-state index in [1.165, 1.54) is 24.3 Å². The smallest absolute Gasteiger partial charge is 0.271 e. The summed E-state index contributed by atoms with van der Waals surface area (Å²) < 4.78 is 27.6. The van der Waals surface area contributed by atoms with Crippen LogP contribution in [-0.4, -0.2) is 14.3 Å². The molecule has 1 aromatic carbocycles. The van der Waals surface area contributed by atoms with Gasteiger partial charge in [0.05, 0.1) is 14.5 Å². The van der Waals surface area contributed by atoms with Gasteiger partial charge in [0.15, 0.2) is 0 Å². The van der Waals surface area contributed by atoms with Gasteiger partial charge in [-0.25, -0.2) is 8.42 Å². The van der Waals surface area contributed by atoms with Gasteiger partial charge in [-0.05, 0) is 52.7 Å². The highest BCUT2D eigenvalue weighted by Gasteiger charge is 2.20. The van der Waals surface area contributed by atoms with Crippen molar-refractivity contribution in [1.82, 2.24) is 0 Å². The minimum atomic E-state index is -3.73. The third kappa shape index (κ3) is 3.57. The molecule has 0 fully saturated rings. The van der Waals surface area contributed by atoms with Gasteiger partial charge in [0, 0.05) is 5.56 Å². The first-order chi connectivity index (χ1) is 9.70. The Hall–Kier alpha value is -1.09. The monoisotopic (exact) mass is 408 g/mol. The molecule has 9 heteroatoms. The zero-order valence-electron chi connectivity index (χ0n) is 10.7. The molecule has 0 aliphatic rings. The molecule has 0 unspecified atom stereocenters. The van der Waals surface area contributed by atoms with E-state index in [2.05, 4.69) is 20.7 Å². The maximum absolute atomic E-state index is 12.3. The van der Waals surface area contributed by atoms with E-state index >= 15 is 0 Å². The Labute approximate surface area is 139 Å². The number of sulfonamides is 1. The number of nitrogens with two attached hydrogens (primary N) is 1. The molecule has 1 amide bonds. The fourth-order valence-corrected chi connectivity index (χ4v) is 5.11. The molecule has 0 saturated carbocycles. The lowest BCUT2D eigenvalue weighted by Crippen LogP contribution is -2.14. The van der Waals surface area contributed by atoms with Crippen LogP contribution in [0.1, 0.15) is 15.9 Å². The van der Waals surface area contributed by atoms with Crippen molar-refractivity contribution in [2.24, 2.45) is 5.73 Å². The van der Waals surface area contributed by atoms with Crippen molar-refractivity contribution in [3.63, 3.8) is 0 Å². The molecule has 0 aliphatic heterocycles. The normalized spacial score (nSPS) is 11.4. The number of hydrogen-bond donors (Lipinski definition) is 2. The molecular formula is C12H10BrClN2O3S2. The summed E-state index contributed by atoms with van der Waals surface area (Å²) in [6, 6.07) is 5.85. The molecule has 1 heterocycles. The molecule has 2 rings (SSSR count). The van der Waals surface area contributed by atoms with Crippen molar-refractivity contribution < 1.29 is 13.2 Å². The highest BCUT2D eigenvalue weighted by molar-refractivity contribution is 9.11. The number of halogens is 2. The molecule has 2 aromatic rings. The number of nitrogens with one attached hydrogen (secondary N) is 1. The van der Waals surface area contributed by atoms with Gasteiger partial charge in [-0.3, -0.25) is 9.52 Å². The molecule has 0 bridgehead atoms. The first kappa shape index (κ1) is 16.3. The second-order valence-electron chi connectivity index (χ2n) is 4.19. The van der Waals surface area contributed by atoms with Crippen LogP contribution >= 0.6 is 38.9 Å². The molecule has 112 valence electrons. The summed E-state index contributed by atoms with van der Waals surface area (Å²) in [7, 11) is -3.73. The zero-order chi connectivity index (χ0) is 15.8. The number of primary amides is 1. The number of carbonyl (C=O) groups is 1. The third-order valence-corrected chi connectivity index (χ3v) is 6.96. The van der Waals surface area contributed by atoms with Crippen LogP contribution in [0.2, 0.25) is 5.02 Å². The van der Waals surface area contributed by atoms with Crippen LogP contribution in [0, 0.1) is 6.92 Å². The van der Waals surface area contributed by atoms with Gasteiger partial charge in [0.1, 0.15) is 4.21 Å². The largest absolute Gasteiger partial charge is 0.366 e. The van der Waals surface area contributed by atoms with Crippen LogP contribution in [-0.2, 0) is 10.0 Å². The summed E-state index contributed by atoms with van der Waals surface area (Å²) in [4.78, 5) is 11.1. The zero-order valence-corrected chi connectivity index (χ0v) is 14.7. The Kier molecular flexibility index (Phi) is 4.62. The second-order valence-corrected chi connectivity index (χ2v) is 8.87. The Morgan fingerprint density at radius 2 is 2.05 bits per heavy atom. The third-order valence-electron chi connectivity index (χ3n) is 2.64. The predicted octanol–water partition coefficient (Wildman–Crippen LogP) is 3.37. The van der Waals surface area contributed by atoms with Gasteiger partial charge in [-0.15, -0.1) is 11.3 Å². The summed E-state index contributed by atoms with van der Waals surface area (Å²) in [5.74, 6) is -0.568. The number of hydrogen-bond acceptors (Lipinski definition) is 4. The van der Waals surface area contributed by atoms with Crippen LogP contribution in [0.3, 0.4) is 0 Å². The van der Waals surface area contributed by atoms with Crippen molar-refractivity contribution in [3.05, 3.63) is 44.2 Å². The fourth-order valence-electron chi connectivity index (χ4n) is 1.59. The molecule has 5 nitrogen and oxygen atoms in total. The highest BCUT2D eigenvalue weighted by Crippen LogP contribution is 2.35. The lowest BCUT2D eigenvalue weighted by atomic mass is 10.1. The number of amides is 1. The Morgan fingerprint density at radius 1 is 1.38 bits per heavy atom. The van der Waals surface area contributed by atoms with Crippen molar-refractivity contribution in [2.45, 2.75) is 11.1 Å². The van der Waals surface area contributed by atoms with E-state index in [1.54, 1.807) is 6.92 Å². The molecule has 1 aromatic heterocycles. The van der Waals surface area contributed by atoms with E-state index < -0.39 is 15.9 Å². The standard InChI is InChI=1S/C12H10BrClN2O3S2/c1-6-4-7(12(15)17)2-3-9(6)16-21(18,19)10-5-8(14)11(13)20-10/h2-5,16H,1H3,(H2,15,17). The minimum absolute atomic E-state index is 0.0951. The van der Waals surface area contributed by atoms with E-state index in [-0.39, 0.29) is 4.21 Å².